The number of carbonyl (C=O) groups excluding carboxylic acids is 3. The van der Waals surface area contributed by atoms with Crippen LogP contribution in [0.15, 0.2) is 60.7 Å². The molecule has 0 spiro atoms. The predicted molar refractivity (Wildman–Crippen MR) is 104 cm³/mol. The molecule has 0 saturated carbocycles. The molecule has 0 saturated heterocycles. The molecule has 6 nitrogen and oxygen atoms in total. The minimum Gasteiger partial charge on any atom is -0.456 e. The highest BCUT2D eigenvalue weighted by atomic mass is 16.5. The number of rotatable bonds is 8. The Kier molecular flexibility index (Phi) is 7.78. The quantitative estimate of drug-likeness (QED) is 0.556. The van der Waals surface area contributed by atoms with Crippen molar-refractivity contribution in [3.05, 3.63) is 71.8 Å². The third-order valence-electron chi connectivity index (χ3n) is 3.64. The van der Waals surface area contributed by atoms with Gasteiger partial charge in [0, 0.05) is 18.3 Å². The Hall–Kier alpha value is -3.41. The summed E-state index contributed by atoms with van der Waals surface area (Å²) in [6.07, 6.45) is 3.07. The predicted octanol–water partition coefficient (Wildman–Crippen LogP) is 2.70. The maximum absolute atomic E-state index is 11.8. The Morgan fingerprint density at radius 3 is 2.44 bits per heavy atom. The highest BCUT2D eigenvalue weighted by Gasteiger charge is 2.09. The lowest BCUT2D eigenvalue weighted by molar-refractivity contribution is -0.147. The van der Waals surface area contributed by atoms with Gasteiger partial charge in [-0.15, -0.1) is 0 Å². The molecule has 2 aromatic rings. The molecule has 2 aromatic carbocycles. The van der Waals surface area contributed by atoms with Crippen LogP contribution in [0, 0.1) is 6.92 Å². The Balaban J connectivity index is 1.63. The van der Waals surface area contributed by atoms with Gasteiger partial charge in [0.05, 0.1) is 6.42 Å². The van der Waals surface area contributed by atoms with E-state index in [0.29, 0.717) is 5.69 Å². The Morgan fingerprint density at radius 1 is 1.00 bits per heavy atom. The lowest BCUT2D eigenvalue weighted by Crippen LogP contribution is -2.26. The molecule has 2 amide bonds. The van der Waals surface area contributed by atoms with E-state index < -0.39 is 11.9 Å². The molecule has 0 bridgehead atoms. The van der Waals surface area contributed by atoms with Gasteiger partial charge >= 0.3 is 5.97 Å². The molecule has 27 heavy (non-hydrogen) atoms. The fourth-order valence-corrected chi connectivity index (χ4v) is 2.20. The zero-order chi connectivity index (χ0) is 19.5. The average Bonchev–Trinajstić information content (AvgIpc) is 2.67. The van der Waals surface area contributed by atoms with Crippen LogP contribution in [0.1, 0.15) is 17.5 Å². The SMILES string of the molecule is Cc1ccccc1NC(=O)COC(=O)CCNC(=O)/C=C/c1ccccc1. The van der Waals surface area contributed by atoms with Crippen molar-refractivity contribution in [3.8, 4) is 0 Å². The fraction of sp³-hybridized carbons (Fsp3) is 0.190. The van der Waals surface area contributed by atoms with Crippen LogP contribution in [0.3, 0.4) is 0 Å². The number of ether oxygens (including phenoxy) is 1. The van der Waals surface area contributed by atoms with Gasteiger partial charge in [-0.1, -0.05) is 48.5 Å². The number of carbonyl (C=O) groups is 3. The summed E-state index contributed by atoms with van der Waals surface area (Å²) < 4.78 is 4.91. The maximum Gasteiger partial charge on any atom is 0.308 e. The first-order chi connectivity index (χ1) is 13.0. The third kappa shape index (κ3) is 7.56. The molecular formula is C21H22N2O4. The van der Waals surface area contributed by atoms with Gasteiger partial charge in [0.15, 0.2) is 6.61 Å². The van der Waals surface area contributed by atoms with E-state index in [-0.39, 0.29) is 25.5 Å². The van der Waals surface area contributed by atoms with Crippen LogP contribution in [-0.2, 0) is 19.1 Å². The number of nitrogens with one attached hydrogen (secondary N) is 2. The van der Waals surface area contributed by atoms with Crippen LogP contribution in [0.4, 0.5) is 5.69 Å². The molecule has 6 heteroatoms. The largest absolute Gasteiger partial charge is 0.456 e. The molecule has 0 fully saturated rings. The van der Waals surface area contributed by atoms with Crippen LogP contribution in [0.25, 0.3) is 6.08 Å². The number of hydrogen-bond donors (Lipinski definition) is 2. The van der Waals surface area contributed by atoms with Gasteiger partial charge in [0.1, 0.15) is 0 Å². The van der Waals surface area contributed by atoms with E-state index >= 15 is 0 Å². The number of amides is 2. The lowest BCUT2D eigenvalue weighted by atomic mass is 10.2. The van der Waals surface area contributed by atoms with Gasteiger partial charge in [-0.3, -0.25) is 14.4 Å². The number of para-hydroxylation sites is 1. The average molecular weight is 366 g/mol. The molecule has 0 aliphatic rings. The van der Waals surface area contributed by atoms with Crippen molar-refractivity contribution < 1.29 is 19.1 Å². The first kappa shape index (κ1) is 19.9. The van der Waals surface area contributed by atoms with E-state index in [1.165, 1.54) is 6.08 Å². The van der Waals surface area contributed by atoms with Gasteiger partial charge in [0.2, 0.25) is 5.91 Å². The molecule has 0 aliphatic carbocycles. The van der Waals surface area contributed by atoms with Crippen molar-refractivity contribution in [2.45, 2.75) is 13.3 Å². The number of benzene rings is 2. The number of hydrogen-bond acceptors (Lipinski definition) is 4. The Morgan fingerprint density at radius 2 is 1.70 bits per heavy atom. The van der Waals surface area contributed by atoms with Crippen LogP contribution in [0.5, 0.6) is 0 Å². The monoisotopic (exact) mass is 366 g/mol. The van der Waals surface area contributed by atoms with Gasteiger partial charge in [-0.2, -0.15) is 0 Å². The highest BCUT2D eigenvalue weighted by Crippen LogP contribution is 2.12. The summed E-state index contributed by atoms with van der Waals surface area (Å²) in [5, 5.41) is 5.27. The molecule has 0 atom stereocenters. The minimum atomic E-state index is -0.553. The second kappa shape index (κ2) is 10.6. The van der Waals surface area contributed by atoms with Crippen LogP contribution in [0.2, 0.25) is 0 Å². The van der Waals surface area contributed by atoms with E-state index in [9.17, 15) is 14.4 Å². The van der Waals surface area contributed by atoms with Crippen molar-refractivity contribution in [2.24, 2.45) is 0 Å². The first-order valence-electron chi connectivity index (χ1n) is 8.56. The Bertz CT molecular complexity index is 816. The molecule has 0 radical (unpaired) electrons. The lowest BCUT2D eigenvalue weighted by Gasteiger charge is -2.08. The first-order valence-corrected chi connectivity index (χ1v) is 8.56. The fourth-order valence-electron chi connectivity index (χ4n) is 2.20. The summed E-state index contributed by atoms with van der Waals surface area (Å²) in [7, 11) is 0. The summed E-state index contributed by atoms with van der Waals surface area (Å²) in [4.78, 5) is 35.1. The summed E-state index contributed by atoms with van der Waals surface area (Å²) in [6.45, 7) is 1.64. The van der Waals surface area contributed by atoms with Crippen molar-refractivity contribution in [1.29, 1.82) is 0 Å². The zero-order valence-corrected chi connectivity index (χ0v) is 15.1. The summed E-state index contributed by atoms with van der Waals surface area (Å²) in [5.74, 6) is -1.27. The van der Waals surface area contributed by atoms with Crippen LogP contribution in [-0.4, -0.2) is 30.9 Å². The molecule has 0 heterocycles. The minimum absolute atomic E-state index is 0.0113. The van der Waals surface area contributed by atoms with Gasteiger partial charge < -0.3 is 15.4 Å². The highest BCUT2D eigenvalue weighted by molar-refractivity contribution is 5.93. The van der Waals surface area contributed by atoms with E-state index in [0.717, 1.165) is 11.1 Å². The van der Waals surface area contributed by atoms with E-state index in [4.69, 9.17) is 4.74 Å². The summed E-state index contributed by atoms with van der Waals surface area (Å²) in [6, 6.07) is 16.7. The molecule has 140 valence electrons. The zero-order valence-electron chi connectivity index (χ0n) is 15.1. The van der Waals surface area contributed by atoms with Gasteiger partial charge in [-0.05, 0) is 30.2 Å². The molecule has 0 aliphatic heterocycles. The second-order valence-corrected chi connectivity index (χ2v) is 5.81. The topological polar surface area (TPSA) is 84.5 Å². The third-order valence-corrected chi connectivity index (χ3v) is 3.64. The van der Waals surface area contributed by atoms with Crippen LogP contribution < -0.4 is 10.6 Å². The van der Waals surface area contributed by atoms with Gasteiger partial charge in [0.25, 0.3) is 5.91 Å². The number of aryl methyl sites for hydroxylation is 1. The van der Waals surface area contributed by atoms with E-state index in [1.54, 1.807) is 12.1 Å². The second-order valence-electron chi connectivity index (χ2n) is 5.81. The number of esters is 1. The molecule has 2 N–H and O–H groups in total. The van der Waals surface area contributed by atoms with E-state index in [1.807, 2.05) is 55.5 Å². The molecule has 0 unspecified atom stereocenters. The summed E-state index contributed by atoms with van der Waals surface area (Å²) in [5.41, 5.74) is 2.51. The smallest absolute Gasteiger partial charge is 0.308 e. The van der Waals surface area contributed by atoms with E-state index in [2.05, 4.69) is 10.6 Å². The normalized spacial score (nSPS) is 10.4. The molecule has 2 rings (SSSR count). The Labute approximate surface area is 158 Å². The van der Waals surface area contributed by atoms with Crippen molar-refractivity contribution >= 4 is 29.5 Å². The number of anilines is 1. The summed E-state index contributed by atoms with van der Waals surface area (Å²) >= 11 is 0. The standard InChI is InChI=1S/C21H22N2O4/c1-16-7-5-6-10-18(16)23-20(25)15-27-21(26)13-14-22-19(24)12-11-17-8-3-2-4-9-17/h2-12H,13-15H2,1H3,(H,22,24)(H,23,25)/b12-11+. The van der Waals surface area contributed by atoms with Crippen molar-refractivity contribution in [3.63, 3.8) is 0 Å². The molecule has 0 aromatic heterocycles. The maximum atomic E-state index is 11.8. The van der Waals surface area contributed by atoms with Crippen LogP contribution >= 0.6 is 0 Å². The molecular weight excluding hydrogens is 344 g/mol. The van der Waals surface area contributed by atoms with Crippen molar-refractivity contribution in [2.75, 3.05) is 18.5 Å². The van der Waals surface area contributed by atoms with Crippen molar-refractivity contribution in [1.82, 2.24) is 5.32 Å². The van der Waals surface area contributed by atoms with Gasteiger partial charge in [-0.25, -0.2) is 0 Å².